The fraction of sp³-hybridized carbons (Fsp3) is 0.619. The van der Waals surface area contributed by atoms with Gasteiger partial charge in [0.1, 0.15) is 0 Å². The monoisotopic (exact) mass is 810 g/mol. The topological polar surface area (TPSA) is 0 Å². The van der Waals surface area contributed by atoms with Gasteiger partial charge in [-0.1, -0.05) is 0 Å². The molecule has 0 fully saturated rings. The molecule has 246 valence electrons. The summed E-state index contributed by atoms with van der Waals surface area (Å²) in [6.45, 7) is 9.45. The first kappa shape index (κ1) is 37.5. The van der Waals surface area contributed by atoms with Crippen molar-refractivity contribution in [2.24, 2.45) is 0 Å². The van der Waals surface area contributed by atoms with Crippen LogP contribution in [0.15, 0.2) is 59.2 Å². The van der Waals surface area contributed by atoms with E-state index < -0.39 is 22.9 Å². The Balaban J connectivity index is 1.62. The van der Waals surface area contributed by atoms with E-state index in [1.807, 2.05) is 10.6 Å². The maximum atomic E-state index is 2.75. The van der Waals surface area contributed by atoms with Crippen LogP contribution in [0.1, 0.15) is 160 Å². The van der Waals surface area contributed by atoms with Crippen LogP contribution in [-0.2, 0) is 22.9 Å². The predicted molar refractivity (Wildman–Crippen MR) is 204 cm³/mol. The summed E-state index contributed by atoms with van der Waals surface area (Å²) < 4.78 is 1.59. The molecule has 0 spiro atoms. The summed E-state index contributed by atoms with van der Waals surface area (Å²) in [5.74, 6) is 0. The molecule has 2 aliphatic carbocycles. The Kier molecular flexibility index (Phi) is 18.0. The average molecular weight is 809 g/mol. The molecule has 0 heterocycles. The predicted octanol–water partition coefficient (Wildman–Crippen LogP) is 14.5. The Labute approximate surface area is 293 Å². The normalized spacial score (nSPS) is 17.1. The van der Waals surface area contributed by atoms with E-state index in [1.54, 1.807) is 22.3 Å². The molecule has 0 radical (unpaired) electrons. The molecule has 0 aromatic heterocycles. The van der Waals surface area contributed by atoms with Gasteiger partial charge in [0, 0.05) is 0 Å². The molecule has 0 nitrogen and oxygen atoms in total. The molecule has 0 saturated carbocycles. The van der Waals surface area contributed by atoms with Crippen LogP contribution in [0.3, 0.4) is 0 Å². The zero-order valence-electron chi connectivity index (χ0n) is 29.5. The van der Waals surface area contributed by atoms with Crippen LogP contribution in [0.25, 0.3) is 12.2 Å². The average Bonchev–Trinajstić information content (AvgIpc) is 3.62. The molecular formula is C42H64HfP2. The van der Waals surface area contributed by atoms with Crippen LogP contribution < -0.4 is 0 Å². The van der Waals surface area contributed by atoms with E-state index in [0.29, 0.717) is 0 Å². The van der Waals surface area contributed by atoms with Gasteiger partial charge in [-0.2, -0.15) is 0 Å². The van der Waals surface area contributed by atoms with Crippen molar-refractivity contribution < 1.29 is 22.9 Å². The van der Waals surface area contributed by atoms with E-state index in [2.05, 4.69) is 88.4 Å². The van der Waals surface area contributed by atoms with Gasteiger partial charge in [-0.25, -0.2) is 0 Å². The molecule has 2 atom stereocenters. The second-order valence-electron chi connectivity index (χ2n) is 13.6. The number of hydrogen-bond acceptors (Lipinski definition) is 0. The van der Waals surface area contributed by atoms with Gasteiger partial charge >= 0.3 is 295 Å². The SMILES string of the molecule is CCCCCCP(CCCCCC)C1=Cc2ccccc2[CH]1[Hf][CH]1C(P(CCCCCC)CCCCCC)=Cc2ccccc21. The van der Waals surface area contributed by atoms with Crippen LogP contribution in [0.5, 0.6) is 0 Å². The van der Waals surface area contributed by atoms with E-state index in [-0.39, 0.29) is 15.8 Å². The van der Waals surface area contributed by atoms with Crippen molar-refractivity contribution in [2.45, 2.75) is 138 Å². The summed E-state index contributed by atoms with van der Waals surface area (Å²) in [5.41, 5.74) is 6.62. The molecule has 0 N–H and O–H groups in total. The quantitative estimate of drug-likeness (QED) is 0.0563. The van der Waals surface area contributed by atoms with E-state index in [1.165, 1.54) is 127 Å². The minimum absolute atomic E-state index is 0.0295. The Morgan fingerprint density at radius 1 is 0.444 bits per heavy atom. The van der Waals surface area contributed by atoms with Gasteiger partial charge in [0.15, 0.2) is 0 Å². The van der Waals surface area contributed by atoms with E-state index >= 15 is 0 Å². The van der Waals surface area contributed by atoms with E-state index in [4.69, 9.17) is 0 Å². The van der Waals surface area contributed by atoms with Crippen LogP contribution in [0.4, 0.5) is 0 Å². The fourth-order valence-electron chi connectivity index (χ4n) is 7.34. The van der Waals surface area contributed by atoms with Gasteiger partial charge < -0.3 is 0 Å². The zero-order valence-corrected chi connectivity index (χ0v) is 34.8. The molecule has 0 amide bonds. The third-order valence-electron chi connectivity index (χ3n) is 10.0. The van der Waals surface area contributed by atoms with Crippen LogP contribution in [-0.4, -0.2) is 24.6 Å². The third-order valence-corrected chi connectivity index (χ3v) is 24.3. The van der Waals surface area contributed by atoms with Crippen molar-refractivity contribution >= 4 is 28.0 Å². The summed E-state index contributed by atoms with van der Waals surface area (Å²) in [4.78, 5) is 0. The first-order chi connectivity index (χ1) is 22.2. The third kappa shape index (κ3) is 11.4. The first-order valence-electron chi connectivity index (χ1n) is 19.1. The van der Waals surface area contributed by atoms with Crippen LogP contribution in [0, 0.1) is 0 Å². The molecule has 0 saturated heterocycles. The second-order valence-corrected chi connectivity index (χ2v) is 24.0. The second kappa shape index (κ2) is 21.6. The molecule has 45 heavy (non-hydrogen) atoms. The van der Waals surface area contributed by atoms with Gasteiger partial charge in [0.2, 0.25) is 0 Å². The molecule has 2 aromatic carbocycles. The summed E-state index contributed by atoms with van der Waals surface area (Å²) >= 11 is -1.17. The Bertz CT molecular complexity index is 1070. The van der Waals surface area contributed by atoms with Gasteiger partial charge in [-0.15, -0.1) is 0 Å². The molecule has 0 aliphatic heterocycles. The minimum atomic E-state index is -1.17. The molecule has 2 aliphatic rings. The Morgan fingerprint density at radius 2 is 0.778 bits per heavy atom. The van der Waals surface area contributed by atoms with Crippen molar-refractivity contribution in [3.8, 4) is 0 Å². The molecule has 2 aromatic rings. The molecule has 3 heteroatoms. The summed E-state index contributed by atoms with van der Waals surface area (Å²) in [5, 5.41) is 3.89. The van der Waals surface area contributed by atoms with Crippen molar-refractivity contribution in [3.05, 3.63) is 81.4 Å². The summed E-state index contributed by atoms with van der Waals surface area (Å²) in [6, 6.07) is 19.3. The number of unbranched alkanes of at least 4 members (excludes halogenated alkanes) is 12. The molecule has 0 bridgehead atoms. The number of fused-ring (bicyclic) bond motifs is 2. The zero-order chi connectivity index (χ0) is 31.7. The van der Waals surface area contributed by atoms with Gasteiger partial charge in [-0.3, -0.25) is 0 Å². The summed E-state index contributed by atoms with van der Waals surface area (Å²) in [6.07, 6.45) is 33.9. The van der Waals surface area contributed by atoms with Gasteiger partial charge in [-0.05, 0) is 0 Å². The van der Waals surface area contributed by atoms with Crippen molar-refractivity contribution in [3.63, 3.8) is 0 Å². The fourth-order valence-corrected chi connectivity index (χ4v) is 24.2. The first-order valence-corrected chi connectivity index (χ1v) is 26.7. The molecule has 4 rings (SSSR count). The molecule has 2 unspecified atom stereocenters. The van der Waals surface area contributed by atoms with Gasteiger partial charge in [0.25, 0.3) is 0 Å². The Morgan fingerprint density at radius 3 is 1.11 bits per heavy atom. The van der Waals surface area contributed by atoms with Crippen molar-refractivity contribution in [1.82, 2.24) is 0 Å². The van der Waals surface area contributed by atoms with Crippen LogP contribution in [0.2, 0.25) is 0 Å². The maximum absolute atomic E-state index is 2.75. The van der Waals surface area contributed by atoms with Crippen molar-refractivity contribution in [2.75, 3.05) is 24.6 Å². The van der Waals surface area contributed by atoms with Crippen molar-refractivity contribution in [1.29, 1.82) is 0 Å². The molecular weight excluding hydrogens is 745 g/mol. The summed E-state index contributed by atoms with van der Waals surface area (Å²) in [7, 11) is -0.0591. The van der Waals surface area contributed by atoms with Gasteiger partial charge in [0.05, 0.1) is 0 Å². The van der Waals surface area contributed by atoms with Crippen LogP contribution >= 0.6 is 15.8 Å². The number of hydrogen-bond donors (Lipinski definition) is 0. The number of benzene rings is 2. The van der Waals surface area contributed by atoms with E-state index in [9.17, 15) is 0 Å². The Hall–Kier alpha value is -0.350. The number of rotatable bonds is 24. The number of allylic oxidation sites excluding steroid dienone is 2. The van der Waals surface area contributed by atoms with E-state index in [0.717, 1.165) is 7.35 Å². The standard InChI is InChI=1S/2C21H32P.Hf/c2*1-3-5-7-11-15-22(16-12-8-6-4-2)21-17-19-13-9-10-14-20(19)18-21;/h2*9-10,13-14,17-18H,3-8,11-12,15-16H2,1-2H3;.